The first-order valence-corrected chi connectivity index (χ1v) is 10.9. The maximum atomic E-state index is 12.5. The van der Waals surface area contributed by atoms with Crippen molar-refractivity contribution in [1.29, 1.82) is 0 Å². The van der Waals surface area contributed by atoms with Gasteiger partial charge in [-0.2, -0.15) is 0 Å². The molecule has 0 atom stereocenters. The Balaban J connectivity index is 1.53. The number of nitrogens with one attached hydrogen (secondary N) is 2. The van der Waals surface area contributed by atoms with Crippen molar-refractivity contribution in [3.05, 3.63) is 82.6 Å². The minimum absolute atomic E-state index is 0.236. The van der Waals surface area contributed by atoms with E-state index in [0.29, 0.717) is 46.1 Å². The number of esters is 1. The molecule has 0 spiro atoms. The summed E-state index contributed by atoms with van der Waals surface area (Å²) in [5.41, 5.74) is 1.51. The first kappa shape index (κ1) is 23.5. The second kappa shape index (κ2) is 10.5. The summed E-state index contributed by atoms with van der Waals surface area (Å²) >= 11 is 0. The molecule has 3 aromatic carbocycles. The molecule has 4 rings (SSSR count). The van der Waals surface area contributed by atoms with Crippen LogP contribution in [0.4, 0.5) is 5.69 Å². The number of nitrogens with zero attached hydrogens (tertiary/aromatic N) is 1. The second-order valence-electron chi connectivity index (χ2n) is 7.40. The SMILES string of the molecule is CCOc1cc(-c2nc3ccccc3c(=O)[nH]2)ccc1OCC(=O)Nc1ccccc1C(=O)OC. The molecular formula is C26H23N3O6. The molecule has 9 nitrogen and oxygen atoms in total. The number of para-hydroxylation sites is 2. The summed E-state index contributed by atoms with van der Waals surface area (Å²) < 4.78 is 16.1. The van der Waals surface area contributed by atoms with Gasteiger partial charge in [0.2, 0.25) is 0 Å². The highest BCUT2D eigenvalue weighted by atomic mass is 16.5. The van der Waals surface area contributed by atoms with Gasteiger partial charge in [0.1, 0.15) is 5.82 Å². The summed E-state index contributed by atoms with van der Waals surface area (Å²) in [6, 6.07) is 18.6. The fraction of sp³-hybridized carbons (Fsp3) is 0.154. The molecule has 2 N–H and O–H groups in total. The third-order valence-corrected chi connectivity index (χ3v) is 5.10. The lowest BCUT2D eigenvalue weighted by Gasteiger charge is -2.14. The maximum absolute atomic E-state index is 12.5. The third-order valence-electron chi connectivity index (χ3n) is 5.10. The van der Waals surface area contributed by atoms with Crippen molar-refractivity contribution >= 4 is 28.5 Å². The minimum Gasteiger partial charge on any atom is -0.490 e. The van der Waals surface area contributed by atoms with E-state index in [0.717, 1.165) is 0 Å². The number of hydrogen-bond donors (Lipinski definition) is 2. The Morgan fingerprint density at radius 1 is 0.971 bits per heavy atom. The van der Waals surface area contributed by atoms with Gasteiger partial charge in [0.25, 0.3) is 11.5 Å². The molecule has 0 bridgehead atoms. The van der Waals surface area contributed by atoms with Crippen LogP contribution in [0.1, 0.15) is 17.3 Å². The minimum atomic E-state index is -0.559. The zero-order valence-corrected chi connectivity index (χ0v) is 19.2. The van der Waals surface area contributed by atoms with E-state index in [1.807, 2.05) is 13.0 Å². The molecule has 1 amide bonds. The monoisotopic (exact) mass is 473 g/mol. The normalized spacial score (nSPS) is 10.6. The van der Waals surface area contributed by atoms with Crippen molar-refractivity contribution in [2.24, 2.45) is 0 Å². The van der Waals surface area contributed by atoms with Crippen LogP contribution in [0, 0.1) is 0 Å². The van der Waals surface area contributed by atoms with Gasteiger partial charge >= 0.3 is 5.97 Å². The average molecular weight is 473 g/mol. The van der Waals surface area contributed by atoms with Gasteiger partial charge in [-0.25, -0.2) is 9.78 Å². The van der Waals surface area contributed by atoms with Crippen molar-refractivity contribution in [3.63, 3.8) is 0 Å². The van der Waals surface area contributed by atoms with Gasteiger partial charge in [0.15, 0.2) is 18.1 Å². The summed E-state index contributed by atoms with van der Waals surface area (Å²) in [7, 11) is 1.27. The lowest BCUT2D eigenvalue weighted by atomic mass is 10.1. The number of benzene rings is 3. The number of methoxy groups -OCH3 is 1. The van der Waals surface area contributed by atoms with Gasteiger partial charge < -0.3 is 24.5 Å². The standard InChI is InChI=1S/C26H23N3O6/c1-3-34-22-14-16(24-28-19-10-6-4-8-17(19)25(31)29-24)12-13-21(22)35-15-23(30)27-20-11-7-5-9-18(20)26(32)33-2/h4-14H,3,15H2,1-2H3,(H,27,30)(H,28,29,31). The van der Waals surface area contributed by atoms with Crippen LogP contribution in [0.2, 0.25) is 0 Å². The lowest BCUT2D eigenvalue weighted by Crippen LogP contribution is -2.22. The van der Waals surface area contributed by atoms with Gasteiger partial charge in [0, 0.05) is 5.56 Å². The Bertz CT molecular complexity index is 1450. The molecule has 0 aliphatic rings. The van der Waals surface area contributed by atoms with Crippen LogP contribution in [-0.2, 0) is 9.53 Å². The molecule has 0 saturated carbocycles. The molecule has 0 radical (unpaired) electrons. The van der Waals surface area contributed by atoms with Crippen LogP contribution in [0.5, 0.6) is 11.5 Å². The van der Waals surface area contributed by atoms with Gasteiger partial charge in [0.05, 0.1) is 35.9 Å². The zero-order chi connectivity index (χ0) is 24.8. The summed E-state index contributed by atoms with van der Waals surface area (Å²) in [4.78, 5) is 44.2. The number of carbonyl (C=O) groups is 2. The molecule has 0 unspecified atom stereocenters. The van der Waals surface area contributed by atoms with E-state index in [2.05, 4.69) is 15.3 Å². The molecule has 0 aliphatic heterocycles. The van der Waals surface area contributed by atoms with E-state index in [1.54, 1.807) is 60.7 Å². The van der Waals surface area contributed by atoms with Crippen LogP contribution in [0.15, 0.2) is 71.5 Å². The molecule has 1 heterocycles. The van der Waals surface area contributed by atoms with E-state index < -0.39 is 11.9 Å². The summed E-state index contributed by atoms with van der Waals surface area (Å²) in [6.45, 7) is 1.86. The summed E-state index contributed by atoms with van der Waals surface area (Å²) in [5.74, 6) is 0.0989. The smallest absolute Gasteiger partial charge is 0.339 e. The number of aromatic amines is 1. The maximum Gasteiger partial charge on any atom is 0.339 e. The highest BCUT2D eigenvalue weighted by molar-refractivity contribution is 6.01. The van der Waals surface area contributed by atoms with E-state index >= 15 is 0 Å². The van der Waals surface area contributed by atoms with Crippen LogP contribution >= 0.6 is 0 Å². The number of hydrogen-bond acceptors (Lipinski definition) is 7. The van der Waals surface area contributed by atoms with Crippen molar-refractivity contribution < 1.29 is 23.8 Å². The predicted molar refractivity (Wildman–Crippen MR) is 131 cm³/mol. The van der Waals surface area contributed by atoms with E-state index in [4.69, 9.17) is 14.2 Å². The Hall–Kier alpha value is -4.66. The largest absolute Gasteiger partial charge is 0.490 e. The number of carbonyl (C=O) groups excluding carboxylic acids is 2. The molecule has 1 aromatic heterocycles. The highest BCUT2D eigenvalue weighted by Gasteiger charge is 2.15. The van der Waals surface area contributed by atoms with Gasteiger partial charge in [-0.3, -0.25) is 9.59 Å². The van der Waals surface area contributed by atoms with Crippen LogP contribution in [0.3, 0.4) is 0 Å². The van der Waals surface area contributed by atoms with Crippen LogP contribution in [-0.4, -0.2) is 42.2 Å². The first-order valence-electron chi connectivity index (χ1n) is 10.9. The van der Waals surface area contributed by atoms with Crippen molar-refractivity contribution in [1.82, 2.24) is 9.97 Å². The molecule has 0 aliphatic carbocycles. The average Bonchev–Trinajstić information content (AvgIpc) is 2.88. The number of fused-ring (bicyclic) bond motifs is 1. The number of H-pyrrole nitrogens is 1. The van der Waals surface area contributed by atoms with Gasteiger partial charge in [-0.05, 0) is 49.4 Å². The quantitative estimate of drug-likeness (QED) is 0.374. The zero-order valence-electron chi connectivity index (χ0n) is 19.2. The molecule has 178 valence electrons. The second-order valence-corrected chi connectivity index (χ2v) is 7.40. The van der Waals surface area contributed by atoms with Crippen LogP contribution < -0.4 is 20.3 Å². The fourth-order valence-corrected chi connectivity index (χ4v) is 3.48. The molecular weight excluding hydrogens is 450 g/mol. The molecule has 4 aromatic rings. The topological polar surface area (TPSA) is 120 Å². The third kappa shape index (κ3) is 5.30. The van der Waals surface area contributed by atoms with Crippen LogP contribution in [0.25, 0.3) is 22.3 Å². The summed E-state index contributed by atoms with van der Waals surface area (Å²) in [6.07, 6.45) is 0. The van der Waals surface area contributed by atoms with Crippen molar-refractivity contribution in [2.75, 3.05) is 25.6 Å². The Morgan fingerprint density at radius 3 is 2.54 bits per heavy atom. The lowest BCUT2D eigenvalue weighted by molar-refractivity contribution is -0.118. The van der Waals surface area contributed by atoms with Crippen molar-refractivity contribution in [3.8, 4) is 22.9 Å². The molecule has 9 heteroatoms. The molecule has 35 heavy (non-hydrogen) atoms. The number of amides is 1. The van der Waals surface area contributed by atoms with Crippen molar-refractivity contribution in [2.45, 2.75) is 6.92 Å². The summed E-state index contributed by atoms with van der Waals surface area (Å²) in [5, 5.41) is 3.15. The van der Waals surface area contributed by atoms with E-state index in [1.165, 1.54) is 7.11 Å². The number of anilines is 1. The fourth-order valence-electron chi connectivity index (χ4n) is 3.48. The predicted octanol–water partition coefficient (Wildman–Crippen LogP) is 3.79. The Labute approximate surface area is 200 Å². The number of aromatic nitrogens is 2. The molecule has 0 saturated heterocycles. The van der Waals surface area contributed by atoms with E-state index in [9.17, 15) is 14.4 Å². The van der Waals surface area contributed by atoms with Gasteiger partial charge in [-0.15, -0.1) is 0 Å². The Morgan fingerprint density at radius 2 is 1.74 bits per heavy atom. The van der Waals surface area contributed by atoms with Gasteiger partial charge in [-0.1, -0.05) is 24.3 Å². The number of rotatable bonds is 8. The Kier molecular flexibility index (Phi) is 7.06. The number of ether oxygens (including phenoxy) is 3. The van der Waals surface area contributed by atoms with E-state index in [-0.39, 0.29) is 17.7 Å². The highest BCUT2D eigenvalue weighted by Crippen LogP contribution is 2.32. The first-order chi connectivity index (χ1) is 17.0. The molecule has 0 fully saturated rings.